The van der Waals surface area contributed by atoms with Gasteiger partial charge < -0.3 is 4.42 Å². The van der Waals surface area contributed by atoms with E-state index in [2.05, 4.69) is 128 Å². The maximum Gasteiger partial charge on any atom is 0.248 e. The smallest absolute Gasteiger partial charge is 0.248 e. The normalized spacial score (nSPS) is 11.9. The molecule has 1 aromatic heterocycles. The summed E-state index contributed by atoms with van der Waals surface area (Å²) < 4.78 is 6.12. The highest BCUT2D eigenvalue weighted by Gasteiger charge is 2.16. The summed E-state index contributed by atoms with van der Waals surface area (Å²) in [4.78, 5) is 0. The van der Waals surface area contributed by atoms with Crippen LogP contribution in [-0.2, 0) is 5.41 Å². The summed E-state index contributed by atoms with van der Waals surface area (Å²) in [6.45, 7) is 6.62. The van der Waals surface area contributed by atoms with Crippen molar-refractivity contribution in [1.29, 1.82) is 0 Å². The van der Waals surface area contributed by atoms with E-state index >= 15 is 0 Å². The molecule has 0 bridgehead atoms. The lowest BCUT2D eigenvalue weighted by atomic mass is 9.87. The maximum atomic E-state index is 6.12. The third-order valence-electron chi connectivity index (χ3n) is 6.59. The summed E-state index contributed by atoms with van der Waals surface area (Å²) in [5, 5.41) is 13.6. The first-order valence-corrected chi connectivity index (χ1v) is 11.9. The molecular weight excluding hydrogens is 428 g/mol. The molecule has 3 nitrogen and oxygen atoms in total. The summed E-state index contributed by atoms with van der Waals surface area (Å²) in [6, 6.07) is 36.1. The van der Waals surface area contributed by atoms with Crippen molar-refractivity contribution in [3.8, 4) is 34.0 Å². The maximum absolute atomic E-state index is 6.12. The Morgan fingerprint density at radius 3 is 1.74 bits per heavy atom. The molecule has 0 saturated heterocycles. The molecule has 3 heteroatoms. The average molecular weight is 455 g/mol. The van der Waals surface area contributed by atoms with Crippen LogP contribution >= 0.6 is 0 Å². The molecule has 35 heavy (non-hydrogen) atoms. The number of fused-ring (bicyclic) bond motifs is 2. The molecule has 6 rings (SSSR count). The van der Waals surface area contributed by atoms with Crippen molar-refractivity contribution in [2.24, 2.45) is 0 Å². The number of nitrogens with zero attached hydrogens (tertiary/aromatic N) is 2. The summed E-state index contributed by atoms with van der Waals surface area (Å²) in [5.74, 6) is 1.05. The number of hydrogen-bond donors (Lipinski definition) is 0. The quantitative estimate of drug-likeness (QED) is 0.251. The van der Waals surface area contributed by atoms with Crippen LogP contribution in [0.4, 0.5) is 0 Å². The van der Waals surface area contributed by atoms with Crippen LogP contribution in [0.25, 0.3) is 55.6 Å². The Balaban J connectivity index is 1.43. The van der Waals surface area contributed by atoms with Gasteiger partial charge in [0.05, 0.1) is 0 Å². The van der Waals surface area contributed by atoms with E-state index in [4.69, 9.17) is 4.42 Å². The van der Waals surface area contributed by atoms with Crippen LogP contribution < -0.4 is 0 Å². The van der Waals surface area contributed by atoms with E-state index in [0.717, 1.165) is 16.7 Å². The van der Waals surface area contributed by atoms with Crippen LogP contribution in [0, 0.1) is 0 Å². The lowest BCUT2D eigenvalue weighted by Crippen LogP contribution is -2.10. The number of rotatable bonds is 3. The first-order valence-electron chi connectivity index (χ1n) is 11.9. The van der Waals surface area contributed by atoms with Gasteiger partial charge in [0.15, 0.2) is 0 Å². The summed E-state index contributed by atoms with van der Waals surface area (Å²) in [6.07, 6.45) is 0. The fourth-order valence-electron chi connectivity index (χ4n) is 4.70. The van der Waals surface area contributed by atoms with Crippen molar-refractivity contribution in [2.45, 2.75) is 26.2 Å². The van der Waals surface area contributed by atoms with E-state index in [1.54, 1.807) is 0 Å². The Labute approximate surface area is 205 Å². The summed E-state index contributed by atoms with van der Waals surface area (Å²) >= 11 is 0. The van der Waals surface area contributed by atoms with Crippen molar-refractivity contribution in [1.82, 2.24) is 10.2 Å². The Kier molecular flexibility index (Phi) is 5.00. The van der Waals surface area contributed by atoms with Crippen LogP contribution in [0.15, 0.2) is 108 Å². The van der Waals surface area contributed by atoms with Crippen molar-refractivity contribution in [3.05, 3.63) is 109 Å². The van der Waals surface area contributed by atoms with Crippen LogP contribution in [0.1, 0.15) is 26.3 Å². The molecule has 1 heterocycles. The molecule has 0 spiro atoms. The first kappa shape index (κ1) is 21.3. The minimum absolute atomic E-state index is 0.102. The summed E-state index contributed by atoms with van der Waals surface area (Å²) in [7, 11) is 0. The molecule has 0 atom stereocenters. The Bertz CT molecular complexity index is 1620. The van der Waals surface area contributed by atoms with Gasteiger partial charge in [-0.05, 0) is 74.0 Å². The van der Waals surface area contributed by atoms with Gasteiger partial charge in [-0.25, -0.2) is 0 Å². The van der Waals surface area contributed by atoms with E-state index in [1.807, 2.05) is 6.07 Å². The van der Waals surface area contributed by atoms with Gasteiger partial charge in [0.2, 0.25) is 11.8 Å². The molecule has 0 radical (unpaired) electrons. The van der Waals surface area contributed by atoms with Gasteiger partial charge in [0.1, 0.15) is 0 Å². The zero-order chi connectivity index (χ0) is 24.0. The van der Waals surface area contributed by atoms with Gasteiger partial charge in [-0.15, -0.1) is 10.2 Å². The van der Waals surface area contributed by atoms with Crippen molar-refractivity contribution in [3.63, 3.8) is 0 Å². The van der Waals surface area contributed by atoms with Crippen molar-refractivity contribution >= 4 is 21.5 Å². The minimum Gasteiger partial charge on any atom is -0.416 e. The highest BCUT2D eigenvalue weighted by Crippen LogP contribution is 2.38. The van der Waals surface area contributed by atoms with Crippen molar-refractivity contribution < 1.29 is 4.42 Å². The molecule has 0 amide bonds. The number of hydrogen-bond acceptors (Lipinski definition) is 3. The van der Waals surface area contributed by atoms with E-state index in [9.17, 15) is 0 Å². The highest BCUT2D eigenvalue weighted by atomic mass is 16.4. The third kappa shape index (κ3) is 3.89. The minimum atomic E-state index is 0.102. The molecular formula is C32H26N2O. The first-order chi connectivity index (χ1) is 17.0. The van der Waals surface area contributed by atoms with Crippen molar-refractivity contribution in [2.75, 3.05) is 0 Å². The second-order valence-electron chi connectivity index (χ2n) is 10.0. The molecule has 170 valence electrons. The zero-order valence-electron chi connectivity index (χ0n) is 20.1. The van der Waals surface area contributed by atoms with Gasteiger partial charge >= 0.3 is 0 Å². The molecule has 0 N–H and O–H groups in total. The Hall–Kier alpha value is -4.24. The second kappa shape index (κ2) is 8.21. The average Bonchev–Trinajstić information content (AvgIpc) is 3.37. The predicted octanol–water partition coefficient (Wildman–Crippen LogP) is 8.67. The molecule has 0 aliphatic carbocycles. The van der Waals surface area contributed by atoms with Gasteiger partial charge in [0.25, 0.3) is 0 Å². The van der Waals surface area contributed by atoms with E-state index in [-0.39, 0.29) is 5.41 Å². The molecule has 0 aliphatic heterocycles. The van der Waals surface area contributed by atoms with Gasteiger partial charge in [-0.2, -0.15) is 0 Å². The molecule has 0 unspecified atom stereocenters. The van der Waals surface area contributed by atoms with Crippen LogP contribution in [0.5, 0.6) is 0 Å². The fraction of sp³-hybridized carbons (Fsp3) is 0.125. The highest BCUT2D eigenvalue weighted by molar-refractivity contribution is 6.12. The van der Waals surface area contributed by atoms with E-state index in [0.29, 0.717) is 11.8 Å². The SMILES string of the molecule is CC(C)(C)c1ccc(-c2nnc(-c3cccc(-c4c5ccccc5cc5ccccc45)c3)o2)cc1. The second-order valence-corrected chi connectivity index (χ2v) is 10.0. The third-order valence-corrected chi connectivity index (χ3v) is 6.59. The molecule has 5 aromatic carbocycles. The number of aromatic nitrogens is 2. The number of benzene rings is 5. The zero-order valence-corrected chi connectivity index (χ0v) is 20.1. The summed E-state index contributed by atoms with van der Waals surface area (Å²) in [5.41, 5.74) is 5.56. The lowest BCUT2D eigenvalue weighted by Gasteiger charge is -2.18. The lowest BCUT2D eigenvalue weighted by molar-refractivity contribution is 0.582. The van der Waals surface area contributed by atoms with Crippen LogP contribution in [0.2, 0.25) is 0 Å². The fourth-order valence-corrected chi connectivity index (χ4v) is 4.70. The van der Waals surface area contributed by atoms with E-state index < -0.39 is 0 Å². The van der Waals surface area contributed by atoms with Crippen LogP contribution in [0.3, 0.4) is 0 Å². The standard InChI is InChI=1S/C32H26N2O/c1-32(2,3)26-17-15-21(16-18-26)30-33-34-31(35-30)25-12-8-11-24(20-25)29-27-13-6-4-9-22(27)19-23-10-5-7-14-28(23)29/h4-20H,1-3H3. The topological polar surface area (TPSA) is 38.9 Å². The Morgan fingerprint density at radius 1 is 0.543 bits per heavy atom. The van der Waals surface area contributed by atoms with Gasteiger partial charge in [0, 0.05) is 11.1 Å². The largest absolute Gasteiger partial charge is 0.416 e. The molecule has 0 fully saturated rings. The predicted molar refractivity (Wildman–Crippen MR) is 144 cm³/mol. The van der Waals surface area contributed by atoms with Gasteiger partial charge in [-0.1, -0.05) is 93.6 Å². The Morgan fingerprint density at radius 2 is 1.11 bits per heavy atom. The molecule has 0 saturated carbocycles. The van der Waals surface area contributed by atoms with E-state index in [1.165, 1.54) is 32.7 Å². The molecule has 0 aliphatic rings. The van der Waals surface area contributed by atoms with Crippen LogP contribution in [-0.4, -0.2) is 10.2 Å². The molecule has 6 aromatic rings. The monoisotopic (exact) mass is 454 g/mol. The van der Waals surface area contributed by atoms with Gasteiger partial charge in [-0.3, -0.25) is 0 Å².